The highest BCUT2D eigenvalue weighted by molar-refractivity contribution is 5.95. The van der Waals surface area contributed by atoms with Gasteiger partial charge in [-0.3, -0.25) is 4.79 Å². The SMILES string of the molecule is C[C@@H]1CCC[N+]1(C(=O)O)C(=O)C=CCC(=O)c1ccco1. The third kappa shape index (κ3) is 2.80. The van der Waals surface area contributed by atoms with Gasteiger partial charge in [-0.1, -0.05) is 6.08 Å². The van der Waals surface area contributed by atoms with Gasteiger partial charge in [-0.15, -0.1) is 0 Å². The van der Waals surface area contributed by atoms with Crippen molar-refractivity contribution in [2.24, 2.45) is 0 Å². The first-order valence-corrected chi connectivity index (χ1v) is 6.87. The fourth-order valence-corrected chi connectivity index (χ4v) is 2.72. The highest BCUT2D eigenvalue weighted by Crippen LogP contribution is 2.28. The van der Waals surface area contributed by atoms with E-state index in [1.165, 1.54) is 18.4 Å². The lowest BCUT2D eigenvalue weighted by Crippen LogP contribution is -2.57. The fourth-order valence-electron chi connectivity index (χ4n) is 2.72. The quantitative estimate of drug-likeness (QED) is 0.524. The third-order valence-corrected chi connectivity index (χ3v) is 3.98. The number of quaternary nitrogens is 1. The Hall–Kier alpha value is -2.21. The molecule has 2 amide bonds. The number of carbonyl (C=O) groups is 3. The maximum atomic E-state index is 12.3. The monoisotopic (exact) mass is 292 g/mol. The molecule has 1 aromatic rings. The van der Waals surface area contributed by atoms with Crippen LogP contribution in [0.15, 0.2) is 35.0 Å². The number of nitrogens with zero attached hydrogens (tertiary/aromatic N) is 1. The maximum Gasteiger partial charge on any atom is 0.521 e. The second kappa shape index (κ2) is 6.05. The van der Waals surface area contributed by atoms with Crippen molar-refractivity contribution < 1.29 is 28.4 Å². The van der Waals surface area contributed by atoms with Gasteiger partial charge in [0.2, 0.25) is 5.78 Å². The van der Waals surface area contributed by atoms with Gasteiger partial charge < -0.3 is 9.52 Å². The molecule has 6 heteroatoms. The molecule has 2 heterocycles. The van der Waals surface area contributed by atoms with Crippen LogP contribution in [0.4, 0.5) is 4.79 Å². The minimum absolute atomic E-state index is 0.00720. The Balaban J connectivity index is 2.04. The van der Waals surface area contributed by atoms with Crippen molar-refractivity contribution in [1.29, 1.82) is 0 Å². The van der Waals surface area contributed by atoms with Crippen LogP contribution >= 0.6 is 0 Å². The highest BCUT2D eigenvalue weighted by atomic mass is 16.4. The first kappa shape index (κ1) is 15.2. The summed E-state index contributed by atoms with van der Waals surface area (Å²) in [6.45, 7) is 2.06. The Bertz CT molecular complexity index is 575. The summed E-state index contributed by atoms with van der Waals surface area (Å²) in [7, 11) is 0. The first-order valence-electron chi connectivity index (χ1n) is 6.87. The van der Waals surface area contributed by atoms with Crippen LogP contribution in [0.25, 0.3) is 0 Å². The number of imide groups is 1. The zero-order valence-corrected chi connectivity index (χ0v) is 11.8. The van der Waals surface area contributed by atoms with Gasteiger partial charge in [0.15, 0.2) is 5.76 Å². The van der Waals surface area contributed by atoms with Crippen molar-refractivity contribution in [3.05, 3.63) is 36.3 Å². The molecule has 0 radical (unpaired) electrons. The molecule has 1 saturated heterocycles. The number of allylic oxidation sites excluding steroid dienone is 1. The van der Waals surface area contributed by atoms with Crippen LogP contribution in [-0.4, -0.2) is 40.0 Å². The topological polar surface area (TPSA) is 84.6 Å². The lowest BCUT2D eigenvalue weighted by Gasteiger charge is -2.28. The van der Waals surface area contributed by atoms with Crippen LogP contribution in [-0.2, 0) is 4.79 Å². The summed E-state index contributed by atoms with van der Waals surface area (Å²) >= 11 is 0. The van der Waals surface area contributed by atoms with Gasteiger partial charge in [0.05, 0.1) is 12.8 Å². The van der Waals surface area contributed by atoms with Crippen molar-refractivity contribution >= 4 is 17.8 Å². The summed E-state index contributed by atoms with van der Waals surface area (Å²) in [4.78, 5) is 35.5. The molecule has 0 saturated carbocycles. The van der Waals surface area contributed by atoms with Crippen LogP contribution < -0.4 is 0 Å². The van der Waals surface area contributed by atoms with Crippen LogP contribution in [0.5, 0.6) is 0 Å². The van der Waals surface area contributed by atoms with Crippen molar-refractivity contribution in [3.8, 4) is 0 Å². The molecule has 2 rings (SSSR count). The van der Waals surface area contributed by atoms with Gasteiger partial charge in [0.25, 0.3) is 0 Å². The normalized spacial score (nSPS) is 25.3. The fraction of sp³-hybridized carbons (Fsp3) is 0.400. The molecule has 6 nitrogen and oxygen atoms in total. The summed E-state index contributed by atoms with van der Waals surface area (Å²) in [6, 6.07) is 2.91. The predicted octanol–water partition coefficient (Wildman–Crippen LogP) is 2.61. The molecule has 1 aliphatic rings. The lowest BCUT2D eigenvalue weighted by atomic mass is 10.2. The van der Waals surface area contributed by atoms with Crippen molar-refractivity contribution in [1.82, 2.24) is 0 Å². The summed E-state index contributed by atoms with van der Waals surface area (Å²) in [5, 5.41) is 9.40. The standard InChI is InChI=1S/C15H17NO5/c1-11-5-3-9-16(11,15(19)20)14(18)8-2-6-12(17)13-7-4-10-21-13/h2,4,7-8,10-11H,3,5-6,9H2,1H3/p+1/t11-,16?/m1/s1. The second-order valence-electron chi connectivity index (χ2n) is 5.21. The molecule has 2 atom stereocenters. The van der Waals surface area contributed by atoms with Gasteiger partial charge in [-0.25, -0.2) is 4.79 Å². The Morgan fingerprint density at radius 2 is 2.24 bits per heavy atom. The molecule has 21 heavy (non-hydrogen) atoms. The highest BCUT2D eigenvalue weighted by Gasteiger charge is 2.51. The number of carbonyl (C=O) groups excluding carboxylic acids is 2. The zero-order valence-electron chi connectivity index (χ0n) is 11.8. The van der Waals surface area contributed by atoms with Crippen LogP contribution in [0.2, 0.25) is 0 Å². The number of furan rings is 1. The second-order valence-corrected chi connectivity index (χ2v) is 5.21. The van der Waals surface area contributed by atoms with E-state index in [9.17, 15) is 19.5 Å². The third-order valence-electron chi connectivity index (χ3n) is 3.98. The van der Waals surface area contributed by atoms with Gasteiger partial charge in [0, 0.05) is 25.3 Å². The van der Waals surface area contributed by atoms with E-state index in [1.807, 2.05) is 0 Å². The van der Waals surface area contributed by atoms with E-state index in [0.717, 1.165) is 0 Å². The van der Waals surface area contributed by atoms with Crippen molar-refractivity contribution in [3.63, 3.8) is 0 Å². The minimum Gasteiger partial charge on any atom is -0.461 e. The van der Waals surface area contributed by atoms with Gasteiger partial charge >= 0.3 is 12.0 Å². The number of hydrogen-bond donors (Lipinski definition) is 1. The maximum absolute atomic E-state index is 12.3. The van der Waals surface area contributed by atoms with Crippen molar-refractivity contribution in [2.75, 3.05) is 6.54 Å². The van der Waals surface area contributed by atoms with E-state index in [4.69, 9.17) is 4.42 Å². The molecular formula is C15H18NO5+. The van der Waals surface area contributed by atoms with E-state index in [2.05, 4.69) is 0 Å². The Labute approximate surface area is 122 Å². The van der Waals surface area contributed by atoms with Crippen molar-refractivity contribution in [2.45, 2.75) is 32.2 Å². The molecule has 0 aliphatic carbocycles. The van der Waals surface area contributed by atoms with Gasteiger partial charge in [0.1, 0.15) is 6.04 Å². The number of Topliss-reactive ketones (excluding diaryl/α,β-unsaturated/α-hetero) is 1. The zero-order chi connectivity index (χ0) is 15.5. The number of rotatable bonds is 4. The van der Waals surface area contributed by atoms with Gasteiger partial charge in [-0.2, -0.15) is 9.28 Å². The summed E-state index contributed by atoms with van der Waals surface area (Å²) in [5.74, 6) is -0.510. The molecule has 0 bridgehead atoms. The molecule has 0 aromatic carbocycles. The molecular weight excluding hydrogens is 274 g/mol. The van der Waals surface area contributed by atoms with E-state index in [-0.39, 0.29) is 24.0 Å². The predicted molar refractivity (Wildman–Crippen MR) is 73.7 cm³/mol. The molecule has 1 unspecified atom stereocenters. The van der Waals surface area contributed by atoms with E-state index < -0.39 is 16.5 Å². The number of ketones is 1. The largest absolute Gasteiger partial charge is 0.521 e. The Morgan fingerprint density at radius 3 is 2.76 bits per heavy atom. The molecule has 1 N–H and O–H groups in total. The number of amides is 2. The number of carboxylic acid groups (broad SMARTS) is 1. The molecule has 1 aromatic heterocycles. The Kier molecular flexibility index (Phi) is 4.37. The van der Waals surface area contributed by atoms with Gasteiger partial charge in [-0.05, 0) is 19.1 Å². The minimum atomic E-state index is -1.13. The summed E-state index contributed by atoms with van der Waals surface area (Å²) in [6.07, 6.45) is 4.30. The molecule has 1 aliphatic heterocycles. The average molecular weight is 292 g/mol. The first-order chi connectivity index (χ1) is 9.98. The Morgan fingerprint density at radius 1 is 1.48 bits per heavy atom. The number of hydrogen-bond acceptors (Lipinski definition) is 4. The van der Waals surface area contributed by atoms with E-state index in [1.54, 1.807) is 19.1 Å². The van der Waals surface area contributed by atoms with Crippen LogP contribution in [0.3, 0.4) is 0 Å². The average Bonchev–Trinajstić information content (AvgIpc) is 3.07. The smallest absolute Gasteiger partial charge is 0.461 e. The molecule has 0 spiro atoms. The summed E-state index contributed by atoms with van der Waals surface area (Å²) in [5.41, 5.74) is 0. The van der Waals surface area contributed by atoms with E-state index >= 15 is 0 Å². The lowest BCUT2D eigenvalue weighted by molar-refractivity contribution is -0.789. The molecule has 112 valence electrons. The van der Waals surface area contributed by atoms with Crippen LogP contribution in [0.1, 0.15) is 36.7 Å². The number of likely N-dealkylation sites (tertiary alicyclic amines) is 1. The summed E-state index contributed by atoms with van der Waals surface area (Å²) < 4.78 is 4.38. The van der Waals surface area contributed by atoms with E-state index in [0.29, 0.717) is 19.4 Å². The molecule has 1 fully saturated rings. The van der Waals surface area contributed by atoms with Crippen LogP contribution in [0, 0.1) is 0 Å².